The lowest BCUT2D eigenvalue weighted by atomic mass is 9.82. The molecule has 3 aromatic rings. The number of nitrogens with one attached hydrogen (secondary N) is 3. The minimum Gasteiger partial charge on any atom is -0.462 e. The minimum absolute atomic E-state index is 0.115. The summed E-state index contributed by atoms with van der Waals surface area (Å²) < 4.78 is 36.0. The molecule has 40 heavy (non-hydrogen) atoms. The van der Waals surface area contributed by atoms with Gasteiger partial charge in [0.05, 0.1) is 27.8 Å². The van der Waals surface area contributed by atoms with E-state index in [1.54, 1.807) is 61.0 Å². The number of benzene rings is 2. The Hall–Kier alpha value is -3.32. The van der Waals surface area contributed by atoms with Gasteiger partial charge in [0.25, 0.3) is 5.91 Å². The van der Waals surface area contributed by atoms with Gasteiger partial charge in [-0.05, 0) is 55.7 Å². The number of urea groups is 1. The van der Waals surface area contributed by atoms with Crippen LogP contribution in [0.1, 0.15) is 46.2 Å². The van der Waals surface area contributed by atoms with E-state index in [0.717, 1.165) is 4.31 Å². The normalized spacial score (nSPS) is 17.8. The van der Waals surface area contributed by atoms with Crippen molar-refractivity contribution in [3.63, 3.8) is 0 Å². The van der Waals surface area contributed by atoms with Gasteiger partial charge in [-0.3, -0.25) is 4.79 Å². The number of hydrogen-bond acceptors (Lipinski definition) is 6. The second kappa shape index (κ2) is 11.7. The number of aryl methyl sites for hydroxylation is 1. The number of esters is 1. The zero-order valence-electron chi connectivity index (χ0n) is 22.1. The van der Waals surface area contributed by atoms with Gasteiger partial charge < -0.3 is 19.9 Å². The van der Waals surface area contributed by atoms with Crippen LogP contribution in [0.4, 0.5) is 4.79 Å². The van der Waals surface area contributed by atoms with Crippen LogP contribution in [0.25, 0.3) is 10.9 Å². The Morgan fingerprint density at radius 2 is 1.88 bits per heavy atom. The van der Waals surface area contributed by atoms with E-state index in [1.165, 1.54) is 7.05 Å². The first-order valence-corrected chi connectivity index (χ1v) is 14.6. The third-order valence-electron chi connectivity index (χ3n) is 6.87. The first-order valence-electron chi connectivity index (χ1n) is 12.5. The smallest absolute Gasteiger partial charge is 0.338 e. The minimum atomic E-state index is -4.26. The molecule has 0 aliphatic carbocycles. The van der Waals surface area contributed by atoms with Crippen LogP contribution in [0.5, 0.6) is 0 Å². The molecule has 1 unspecified atom stereocenters. The molecule has 4 rings (SSSR count). The van der Waals surface area contributed by atoms with Crippen LogP contribution in [-0.2, 0) is 27.5 Å². The van der Waals surface area contributed by atoms with Gasteiger partial charge in [-0.15, -0.1) is 0 Å². The number of fused-ring (bicyclic) bond motifs is 1. The molecule has 11 nitrogen and oxygen atoms in total. The molecule has 0 spiro atoms. The molecule has 14 heteroatoms. The Bertz CT molecular complexity index is 1590. The third kappa shape index (κ3) is 5.75. The number of piperidine rings is 1. The van der Waals surface area contributed by atoms with E-state index >= 15 is 0 Å². The molecule has 0 bridgehead atoms. The highest BCUT2D eigenvalue weighted by Gasteiger charge is 2.43. The van der Waals surface area contributed by atoms with Crippen LogP contribution in [0.2, 0.25) is 10.0 Å². The molecule has 3 N–H and O–H groups in total. The van der Waals surface area contributed by atoms with Crippen LogP contribution in [0, 0.1) is 0 Å². The molecule has 2 heterocycles. The van der Waals surface area contributed by atoms with Gasteiger partial charge in [-0.2, -0.15) is 12.7 Å². The number of aromatic nitrogens is 1. The second-order valence-corrected chi connectivity index (χ2v) is 11.8. The van der Waals surface area contributed by atoms with E-state index in [2.05, 4.69) is 10.6 Å². The lowest BCUT2D eigenvalue weighted by Gasteiger charge is -2.43. The standard InChI is InChI=1S/C26H29Cl2N5O6S/c1-4-39-24(35)16-7-5-8-17(13-16)26(11-6-12-33(15-26)40(37,38)31-25(36)29-2)30-23(34)21-14-18-20(32(21)3)10-9-19(27)22(18)28/h5,7-10,13-14H,4,6,11-12,15H2,1-3H3,(H,30,34)(H2,29,31,36). The van der Waals surface area contributed by atoms with Crippen molar-refractivity contribution in [2.24, 2.45) is 7.05 Å². The van der Waals surface area contributed by atoms with Crippen molar-refractivity contribution in [1.29, 1.82) is 0 Å². The average Bonchev–Trinajstić information content (AvgIpc) is 3.27. The van der Waals surface area contributed by atoms with Gasteiger partial charge >= 0.3 is 22.2 Å². The maximum atomic E-state index is 13.8. The highest BCUT2D eigenvalue weighted by molar-refractivity contribution is 7.87. The number of halogens is 2. The Kier molecular flexibility index (Phi) is 8.64. The maximum Gasteiger partial charge on any atom is 0.338 e. The van der Waals surface area contributed by atoms with Crippen molar-refractivity contribution < 1.29 is 27.5 Å². The predicted octanol–water partition coefficient (Wildman–Crippen LogP) is 3.56. The van der Waals surface area contributed by atoms with Gasteiger partial charge in [-0.1, -0.05) is 35.3 Å². The summed E-state index contributed by atoms with van der Waals surface area (Å²) in [6.45, 7) is 1.78. The molecule has 1 saturated heterocycles. The van der Waals surface area contributed by atoms with E-state index in [4.69, 9.17) is 27.9 Å². The van der Waals surface area contributed by atoms with E-state index in [0.29, 0.717) is 39.4 Å². The number of ether oxygens (including phenoxy) is 1. The highest BCUT2D eigenvalue weighted by Crippen LogP contribution is 2.36. The molecular formula is C26H29Cl2N5O6S. The van der Waals surface area contributed by atoms with Crippen LogP contribution >= 0.6 is 23.2 Å². The summed E-state index contributed by atoms with van der Waals surface area (Å²) in [6, 6.07) is 10.6. The Morgan fingerprint density at radius 3 is 2.58 bits per heavy atom. The number of rotatable bonds is 7. The molecule has 1 atom stereocenters. The third-order valence-corrected chi connectivity index (χ3v) is 9.12. The topological polar surface area (TPSA) is 139 Å². The fourth-order valence-corrected chi connectivity index (χ4v) is 6.48. The molecule has 3 amide bonds. The second-order valence-electron chi connectivity index (χ2n) is 9.34. The molecular weight excluding hydrogens is 581 g/mol. The fraction of sp³-hybridized carbons (Fsp3) is 0.346. The van der Waals surface area contributed by atoms with Crippen molar-refractivity contribution in [3.05, 3.63) is 69.3 Å². The van der Waals surface area contributed by atoms with Crippen molar-refractivity contribution in [3.8, 4) is 0 Å². The van der Waals surface area contributed by atoms with Crippen molar-refractivity contribution >= 4 is 62.2 Å². The van der Waals surface area contributed by atoms with Crippen molar-refractivity contribution in [1.82, 2.24) is 24.2 Å². The van der Waals surface area contributed by atoms with Crippen LogP contribution in [-0.4, -0.2) is 61.9 Å². The number of hydrogen-bond donors (Lipinski definition) is 3. The lowest BCUT2D eigenvalue weighted by Crippen LogP contribution is -2.60. The van der Waals surface area contributed by atoms with Gasteiger partial charge in [0, 0.05) is 38.1 Å². The summed E-state index contributed by atoms with van der Waals surface area (Å²) in [7, 11) is -1.25. The summed E-state index contributed by atoms with van der Waals surface area (Å²) in [4.78, 5) is 38.2. The largest absolute Gasteiger partial charge is 0.462 e. The molecule has 2 aromatic carbocycles. The van der Waals surface area contributed by atoms with Crippen molar-refractivity contribution in [2.75, 3.05) is 26.7 Å². The van der Waals surface area contributed by atoms with E-state index in [9.17, 15) is 22.8 Å². The average molecular weight is 611 g/mol. The summed E-state index contributed by atoms with van der Waals surface area (Å²) in [6.07, 6.45) is 0.711. The number of carbonyl (C=O) groups is 3. The monoisotopic (exact) mass is 609 g/mol. The van der Waals surface area contributed by atoms with Gasteiger partial charge in [-0.25, -0.2) is 14.3 Å². The summed E-state index contributed by atoms with van der Waals surface area (Å²) in [5.41, 5.74) is 0.449. The van der Waals surface area contributed by atoms with Crippen LogP contribution in [0.3, 0.4) is 0 Å². The summed E-state index contributed by atoms with van der Waals surface area (Å²) in [5, 5.41) is 6.51. The SMILES string of the molecule is CCOC(=O)c1cccc(C2(NC(=O)c3cc4c(Cl)c(Cl)ccc4n3C)CCCN(S(=O)(=O)NC(=O)NC)C2)c1. The zero-order valence-corrected chi connectivity index (χ0v) is 24.4. The molecule has 214 valence electrons. The first-order chi connectivity index (χ1) is 18.9. The zero-order chi connectivity index (χ0) is 29.2. The Labute approximate surface area is 241 Å². The fourth-order valence-electron chi connectivity index (χ4n) is 4.87. The van der Waals surface area contributed by atoms with Crippen LogP contribution in [0.15, 0.2) is 42.5 Å². The van der Waals surface area contributed by atoms with Crippen molar-refractivity contribution in [2.45, 2.75) is 25.3 Å². The molecule has 1 aliphatic heterocycles. The van der Waals surface area contributed by atoms with E-state index in [-0.39, 0.29) is 31.0 Å². The molecule has 1 aliphatic rings. The van der Waals surface area contributed by atoms with Gasteiger partial charge in [0.2, 0.25) is 0 Å². The van der Waals surface area contributed by atoms with Gasteiger partial charge in [0.1, 0.15) is 5.69 Å². The predicted molar refractivity (Wildman–Crippen MR) is 152 cm³/mol. The summed E-state index contributed by atoms with van der Waals surface area (Å²) in [5.74, 6) is -1.04. The van der Waals surface area contributed by atoms with E-state index < -0.39 is 33.7 Å². The quantitative estimate of drug-likeness (QED) is 0.350. The van der Waals surface area contributed by atoms with Crippen LogP contribution < -0.4 is 15.4 Å². The lowest BCUT2D eigenvalue weighted by molar-refractivity contribution is 0.0526. The number of carbonyl (C=O) groups excluding carboxylic acids is 3. The highest BCUT2D eigenvalue weighted by atomic mass is 35.5. The van der Waals surface area contributed by atoms with Gasteiger partial charge in [0.15, 0.2) is 0 Å². The molecule has 1 fully saturated rings. The first kappa shape index (κ1) is 29.7. The number of nitrogens with zero attached hydrogens (tertiary/aromatic N) is 2. The summed E-state index contributed by atoms with van der Waals surface area (Å²) >= 11 is 12.6. The Morgan fingerprint density at radius 1 is 1.12 bits per heavy atom. The molecule has 0 saturated carbocycles. The molecule has 0 radical (unpaired) electrons. The number of amides is 3. The maximum absolute atomic E-state index is 13.8. The molecule has 1 aromatic heterocycles. The Balaban J connectivity index is 1.79. The van der Waals surface area contributed by atoms with E-state index in [1.807, 2.05) is 4.72 Å².